The molecule has 1 N–H and O–H groups in total. The van der Waals surface area contributed by atoms with Gasteiger partial charge in [0.15, 0.2) is 11.5 Å². The maximum atomic E-state index is 13.9. The first-order valence-corrected chi connectivity index (χ1v) is 9.09. The highest BCUT2D eigenvalue weighted by Crippen LogP contribution is 2.50. The van der Waals surface area contributed by atoms with E-state index < -0.39 is 0 Å². The molecule has 0 aromatic heterocycles. The quantitative estimate of drug-likeness (QED) is 0.838. The van der Waals surface area contributed by atoms with Gasteiger partial charge in [-0.3, -0.25) is 4.79 Å². The molecule has 0 radical (unpaired) electrons. The van der Waals surface area contributed by atoms with E-state index in [1.54, 1.807) is 18.2 Å². The predicted molar refractivity (Wildman–Crippen MR) is 97.4 cm³/mol. The maximum Gasteiger partial charge on any atom is 0.231 e. The molecule has 27 heavy (non-hydrogen) atoms. The van der Waals surface area contributed by atoms with Crippen molar-refractivity contribution >= 4 is 5.78 Å². The Bertz CT molecular complexity index is 909. The number of hydrogen-bond acceptors (Lipinski definition) is 4. The zero-order valence-corrected chi connectivity index (χ0v) is 15.5. The van der Waals surface area contributed by atoms with Gasteiger partial charge >= 0.3 is 0 Å². The number of fused-ring (bicyclic) bond motifs is 2. The number of ketones is 1. The number of carbonyl (C=O) groups excluding carboxylic acids is 1. The first kappa shape index (κ1) is 17.8. The molecule has 2 heterocycles. The van der Waals surface area contributed by atoms with E-state index in [0.717, 1.165) is 24.1 Å². The van der Waals surface area contributed by atoms with Crippen molar-refractivity contribution in [3.63, 3.8) is 0 Å². The molecule has 2 aromatic carbocycles. The summed E-state index contributed by atoms with van der Waals surface area (Å²) in [6.45, 7) is 0.921. The lowest BCUT2D eigenvalue weighted by Crippen LogP contribution is -2.48. The van der Waals surface area contributed by atoms with Crippen LogP contribution in [0.1, 0.15) is 29.2 Å². The Morgan fingerprint density at radius 3 is 2.85 bits per heavy atom. The van der Waals surface area contributed by atoms with Crippen LogP contribution in [0.25, 0.3) is 0 Å². The summed E-state index contributed by atoms with van der Waals surface area (Å²) < 4.78 is 25.3. The SMILES string of the molecule is C[N+]1(C)CCc2cc3c(c(O)c2C1CC(=O)Cc1ccccc1F)OCO3. The van der Waals surface area contributed by atoms with Crippen LogP contribution in [0, 0.1) is 5.82 Å². The van der Waals surface area contributed by atoms with Crippen molar-refractivity contribution in [3.8, 4) is 17.2 Å². The average molecular weight is 372 g/mol. The van der Waals surface area contributed by atoms with E-state index in [2.05, 4.69) is 0 Å². The van der Waals surface area contributed by atoms with E-state index in [0.29, 0.717) is 21.5 Å². The van der Waals surface area contributed by atoms with Gasteiger partial charge in [-0.15, -0.1) is 0 Å². The van der Waals surface area contributed by atoms with E-state index in [1.165, 1.54) is 6.07 Å². The van der Waals surface area contributed by atoms with Crippen LogP contribution in [0.2, 0.25) is 0 Å². The number of nitrogens with zero attached hydrogens (tertiary/aromatic N) is 1. The molecule has 2 aromatic rings. The highest BCUT2D eigenvalue weighted by atomic mass is 19.1. The number of phenolic OH excluding ortho intramolecular Hbond substituents is 1. The van der Waals surface area contributed by atoms with E-state index >= 15 is 0 Å². The average Bonchev–Trinajstić information content (AvgIpc) is 3.09. The van der Waals surface area contributed by atoms with Crippen LogP contribution < -0.4 is 9.47 Å². The summed E-state index contributed by atoms with van der Waals surface area (Å²) in [5, 5.41) is 10.8. The predicted octanol–water partition coefficient (Wildman–Crippen LogP) is 3.14. The van der Waals surface area contributed by atoms with Gasteiger partial charge in [-0.05, 0) is 23.3 Å². The lowest BCUT2D eigenvalue weighted by atomic mass is 9.86. The van der Waals surface area contributed by atoms with E-state index in [9.17, 15) is 14.3 Å². The molecule has 2 aliphatic heterocycles. The molecular weight excluding hydrogens is 349 g/mol. The van der Waals surface area contributed by atoms with Crippen molar-refractivity contribution < 1.29 is 28.2 Å². The van der Waals surface area contributed by atoms with Crippen molar-refractivity contribution in [2.75, 3.05) is 27.4 Å². The fourth-order valence-electron chi connectivity index (χ4n) is 4.07. The summed E-state index contributed by atoms with van der Waals surface area (Å²) in [4.78, 5) is 12.8. The molecular formula is C21H23FNO4+. The number of benzene rings is 2. The maximum absolute atomic E-state index is 13.9. The summed E-state index contributed by atoms with van der Waals surface area (Å²) in [6.07, 6.45) is 1.05. The first-order valence-electron chi connectivity index (χ1n) is 9.09. The molecule has 0 amide bonds. The third-order valence-corrected chi connectivity index (χ3v) is 5.66. The molecule has 6 heteroatoms. The van der Waals surface area contributed by atoms with Gasteiger partial charge < -0.3 is 19.1 Å². The highest BCUT2D eigenvalue weighted by Gasteiger charge is 2.41. The van der Waals surface area contributed by atoms with Crippen LogP contribution in [0.5, 0.6) is 17.2 Å². The van der Waals surface area contributed by atoms with Crippen LogP contribution in [-0.4, -0.2) is 42.8 Å². The van der Waals surface area contributed by atoms with Crippen LogP contribution in [-0.2, 0) is 17.6 Å². The largest absolute Gasteiger partial charge is 0.504 e. The number of rotatable bonds is 4. The molecule has 0 saturated heterocycles. The molecule has 4 rings (SSSR count). The molecule has 0 spiro atoms. The number of halogens is 1. The standard InChI is InChI=1S/C21H22FNO4/c1-23(2)8-7-14-10-18-21(27-12-26-18)20(25)19(14)17(23)11-15(24)9-13-5-3-4-6-16(13)22/h3-6,10,17H,7-9,11-12H2,1-2H3/p+1. The monoisotopic (exact) mass is 372 g/mol. The van der Waals surface area contributed by atoms with Crippen molar-refractivity contribution in [2.45, 2.75) is 25.3 Å². The van der Waals surface area contributed by atoms with Gasteiger partial charge in [0.25, 0.3) is 0 Å². The number of quaternary nitrogens is 1. The summed E-state index contributed by atoms with van der Waals surface area (Å²) >= 11 is 0. The number of aromatic hydroxyl groups is 1. The smallest absolute Gasteiger partial charge is 0.231 e. The van der Waals surface area contributed by atoms with Gasteiger partial charge in [0.1, 0.15) is 17.6 Å². The second kappa shape index (κ2) is 6.53. The number of ether oxygens (including phenoxy) is 2. The van der Waals surface area contributed by atoms with Gasteiger partial charge in [-0.1, -0.05) is 18.2 Å². The van der Waals surface area contributed by atoms with Crippen LogP contribution >= 0.6 is 0 Å². The van der Waals surface area contributed by atoms with Crippen LogP contribution in [0.15, 0.2) is 30.3 Å². The van der Waals surface area contributed by atoms with Gasteiger partial charge in [0.05, 0.1) is 32.6 Å². The van der Waals surface area contributed by atoms with Crippen molar-refractivity contribution in [1.82, 2.24) is 0 Å². The molecule has 1 unspecified atom stereocenters. The Kier molecular flexibility index (Phi) is 4.30. The lowest BCUT2D eigenvalue weighted by Gasteiger charge is -2.42. The topological polar surface area (TPSA) is 55.8 Å². The Morgan fingerprint density at radius 2 is 2.07 bits per heavy atom. The number of Topliss-reactive ketones (excluding diaryl/α,β-unsaturated/α-hetero) is 1. The summed E-state index contributed by atoms with van der Waals surface area (Å²) in [5.41, 5.74) is 2.13. The minimum absolute atomic E-state index is 0.0455. The van der Waals surface area contributed by atoms with E-state index in [4.69, 9.17) is 9.47 Å². The summed E-state index contributed by atoms with van der Waals surface area (Å²) in [5.74, 6) is 0.544. The Morgan fingerprint density at radius 1 is 1.30 bits per heavy atom. The van der Waals surface area contributed by atoms with Crippen LogP contribution in [0.4, 0.5) is 4.39 Å². The number of likely N-dealkylation sites (N-methyl/N-ethyl adjacent to an activating group) is 1. The van der Waals surface area contributed by atoms with E-state index in [1.807, 2.05) is 20.2 Å². The first-order chi connectivity index (χ1) is 12.9. The third kappa shape index (κ3) is 3.14. The second-order valence-electron chi connectivity index (χ2n) is 7.81. The van der Waals surface area contributed by atoms with Gasteiger partial charge in [-0.25, -0.2) is 4.39 Å². The van der Waals surface area contributed by atoms with Crippen LogP contribution in [0.3, 0.4) is 0 Å². The lowest BCUT2D eigenvalue weighted by molar-refractivity contribution is -0.922. The number of hydrogen-bond donors (Lipinski definition) is 1. The summed E-state index contributed by atoms with van der Waals surface area (Å²) in [7, 11) is 4.10. The second-order valence-corrected chi connectivity index (χ2v) is 7.81. The minimum atomic E-state index is -0.366. The zero-order valence-electron chi connectivity index (χ0n) is 15.5. The fraction of sp³-hybridized carbons (Fsp3) is 0.381. The molecule has 0 saturated carbocycles. The van der Waals surface area contributed by atoms with Crippen molar-refractivity contribution in [1.29, 1.82) is 0 Å². The molecule has 5 nitrogen and oxygen atoms in total. The third-order valence-electron chi connectivity index (χ3n) is 5.66. The normalized spacial score (nSPS) is 19.6. The zero-order chi connectivity index (χ0) is 19.2. The van der Waals surface area contributed by atoms with Gasteiger partial charge in [0.2, 0.25) is 12.5 Å². The molecule has 0 aliphatic carbocycles. The molecule has 142 valence electrons. The Labute approximate surface area is 157 Å². The Balaban J connectivity index is 1.66. The molecule has 1 atom stereocenters. The fourth-order valence-corrected chi connectivity index (χ4v) is 4.07. The Hall–Kier alpha value is -2.60. The number of carbonyl (C=O) groups is 1. The highest BCUT2D eigenvalue weighted by molar-refractivity contribution is 5.82. The molecule has 2 aliphatic rings. The van der Waals surface area contributed by atoms with E-state index in [-0.39, 0.29) is 43.0 Å². The number of phenols is 1. The summed E-state index contributed by atoms with van der Waals surface area (Å²) in [6, 6.07) is 8.03. The van der Waals surface area contributed by atoms with Gasteiger partial charge in [-0.2, -0.15) is 0 Å². The van der Waals surface area contributed by atoms with Gasteiger partial charge in [0, 0.05) is 12.8 Å². The van der Waals surface area contributed by atoms with Crippen molar-refractivity contribution in [3.05, 3.63) is 52.8 Å². The molecule has 0 bridgehead atoms. The minimum Gasteiger partial charge on any atom is -0.504 e. The van der Waals surface area contributed by atoms with Crippen molar-refractivity contribution in [2.24, 2.45) is 0 Å². The molecule has 0 fully saturated rings.